The first-order valence-electron chi connectivity index (χ1n) is 6.28. The number of benzene rings is 1. The minimum atomic E-state index is -0.860. The zero-order valence-corrected chi connectivity index (χ0v) is 13.2. The Morgan fingerprint density at radius 3 is 2.55 bits per heavy atom. The maximum absolute atomic E-state index is 11.9. The molecule has 0 saturated carbocycles. The molecule has 2 rings (SSSR count). The van der Waals surface area contributed by atoms with Gasteiger partial charge in [0.05, 0.1) is 0 Å². The number of rotatable bonds is 6. The third kappa shape index (κ3) is 3.23. The summed E-state index contributed by atoms with van der Waals surface area (Å²) in [5.41, 5.74) is 5.64. The van der Waals surface area contributed by atoms with Gasteiger partial charge in [-0.05, 0) is 42.3 Å². The molecule has 0 aliphatic rings. The summed E-state index contributed by atoms with van der Waals surface area (Å²) in [5.74, 6) is -0.369. The Bertz CT molecular complexity index is 566. The van der Waals surface area contributed by atoms with Crippen LogP contribution in [-0.4, -0.2) is 12.2 Å². The van der Waals surface area contributed by atoms with E-state index in [9.17, 15) is 4.79 Å². The first-order valence-corrected chi connectivity index (χ1v) is 8.38. The Hall–Kier alpha value is -1.30. The van der Waals surface area contributed by atoms with Crippen LogP contribution in [0.1, 0.15) is 17.4 Å². The van der Waals surface area contributed by atoms with Crippen LogP contribution in [0.15, 0.2) is 46.7 Å². The first-order chi connectivity index (χ1) is 9.56. The van der Waals surface area contributed by atoms with Crippen molar-refractivity contribution in [2.45, 2.75) is 23.9 Å². The molecule has 3 nitrogen and oxygen atoms in total. The fourth-order valence-corrected chi connectivity index (χ4v) is 2.99. The van der Waals surface area contributed by atoms with Crippen LogP contribution in [0.5, 0.6) is 0 Å². The summed E-state index contributed by atoms with van der Waals surface area (Å²) in [6.07, 6.45) is 2.03. The molecule has 1 aromatic carbocycles. The fourth-order valence-electron chi connectivity index (χ4n) is 1.93. The van der Waals surface area contributed by atoms with Gasteiger partial charge in [-0.3, -0.25) is 10.1 Å². The summed E-state index contributed by atoms with van der Waals surface area (Å²) >= 11 is 3.33. The van der Waals surface area contributed by atoms with Crippen LogP contribution in [0.25, 0.3) is 0 Å². The molecular formula is C15H18N2OS2. The lowest BCUT2D eigenvalue weighted by molar-refractivity contribution is -0.124. The van der Waals surface area contributed by atoms with Crippen LogP contribution in [-0.2, 0) is 16.9 Å². The molecule has 1 amide bonds. The molecule has 0 spiro atoms. The highest BCUT2D eigenvalue weighted by atomic mass is 32.2. The second-order valence-corrected chi connectivity index (χ2v) is 6.56. The number of hydrogen-bond acceptors (Lipinski definition) is 4. The molecule has 0 radical (unpaired) electrons. The van der Waals surface area contributed by atoms with Gasteiger partial charge in [-0.15, -0.1) is 23.1 Å². The smallest absolute Gasteiger partial charge is 0.242 e. The number of primary amides is 1. The van der Waals surface area contributed by atoms with E-state index in [1.807, 2.05) is 55.0 Å². The van der Waals surface area contributed by atoms with E-state index in [-0.39, 0.29) is 5.91 Å². The maximum Gasteiger partial charge on any atom is 0.242 e. The number of thioether (sulfide) groups is 1. The van der Waals surface area contributed by atoms with E-state index in [2.05, 4.69) is 5.32 Å². The third-order valence-corrected chi connectivity index (χ3v) is 4.98. The molecular weight excluding hydrogens is 288 g/mol. The number of nitrogens with one attached hydrogen (secondary N) is 1. The standard InChI is InChI=1S/C15H18N2OS2/c1-15(14(16)18,17-10-13-4-3-9-20-13)11-5-7-12(19-2)8-6-11/h3-9,17H,10H2,1-2H3,(H2,16,18). The van der Waals surface area contributed by atoms with Crippen molar-refractivity contribution in [3.8, 4) is 0 Å². The van der Waals surface area contributed by atoms with Crippen LogP contribution >= 0.6 is 23.1 Å². The Morgan fingerprint density at radius 2 is 2.05 bits per heavy atom. The highest BCUT2D eigenvalue weighted by Gasteiger charge is 2.32. The quantitative estimate of drug-likeness (QED) is 0.807. The second-order valence-electron chi connectivity index (χ2n) is 4.65. The number of amides is 1. The van der Waals surface area contributed by atoms with Gasteiger partial charge in [0.1, 0.15) is 5.54 Å². The average molecular weight is 306 g/mol. The lowest BCUT2D eigenvalue weighted by atomic mass is 9.91. The highest BCUT2D eigenvalue weighted by Crippen LogP contribution is 2.24. The minimum Gasteiger partial charge on any atom is -0.368 e. The van der Waals surface area contributed by atoms with Gasteiger partial charge < -0.3 is 5.73 Å². The monoisotopic (exact) mass is 306 g/mol. The molecule has 20 heavy (non-hydrogen) atoms. The van der Waals surface area contributed by atoms with Crippen molar-refractivity contribution >= 4 is 29.0 Å². The maximum atomic E-state index is 11.9. The van der Waals surface area contributed by atoms with Crippen molar-refractivity contribution in [1.29, 1.82) is 0 Å². The molecule has 1 atom stereocenters. The minimum absolute atomic E-state index is 0.369. The first kappa shape index (κ1) is 15.1. The normalized spacial score (nSPS) is 13.9. The number of thiophene rings is 1. The van der Waals surface area contributed by atoms with Crippen molar-refractivity contribution in [3.63, 3.8) is 0 Å². The Balaban J connectivity index is 2.21. The van der Waals surface area contributed by atoms with Gasteiger partial charge in [0.15, 0.2) is 0 Å². The van der Waals surface area contributed by atoms with Crippen LogP contribution in [0.2, 0.25) is 0 Å². The predicted octanol–water partition coefficient (Wildman–Crippen LogP) is 2.96. The summed E-state index contributed by atoms with van der Waals surface area (Å²) < 4.78 is 0. The Labute approximate surface area is 127 Å². The largest absolute Gasteiger partial charge is 0.368 e. The highest BCUT2D eigenvalue weighted by molar-refractivity contribution is 7.98. The van der Waals surface area contributed by atoms with Crippen LogP contribution in [0.3, 0.4) is 0 Å². The van der Waals surface area contributed by atoms with Crippen LogP contribution in [0.4, 0.5) is 0 Å². The molecule has 2 aromatic rings. The molecule has 3 N–H and O–H groups in total. The van der Waals surface area contributed by atoms with E-state index in [4.69, 9.17) is 5.73 Å². The van der Waals surface area contributed by atoms with Crippen molar-refractivity contribution < 1.29 is 4.79 Å². The molecule has 0 fully saturated rings. The zero-order chi connectivity index (χ0) is 14.6. The Morgan fingerprint density at radius 1 is 1.35 bits per heavy atom. The number of hydrogen-bond donors (Lipinski definition) is 2. The summed E-state index contributed by atoms with van der Waals surface area (Å²) in [6.45, 7) is 2.46. The lowest BCUT2D eigenvalue weighted by Crippen LogP contribution is -2.49. The molecule has 0 saturated heterocycles. The number of nitrogens with two attached hydrogens (primary N) is 1. The molecule has 0 aliphatic carbocycles. The molecule has 1 aromatic heterocycles. The van der Waals surface area contributed by atoms with Gasteiger partial charge in [-0.2, -0.15) is 0 Å². The molecule has 1 unspecified atom stereocenters. The summed E-state index contributed by atoms with van der Waals surface area (Å²) in [5, 5.41) is 5.30. The van der Waals surface area contributed by atoms with E-state index in [0.29, 0.717) is 6.54 Å². The van der Waals surface area contributed by atoms with E-state index in [0.717, 1.165) is 5.56 Å². The predicted molar refractivity (Wildman–Crippen MR) is 85.9 cm³/mol. The fraction of sp³-hybridized carbons (Fsp3) is 0.267. The number of carbonyl (C=O) groups is 1. The SMILES string of the molecule is CSc1ccc(C(C)(NCc2cccs2)C(N)=O)cc1. The molecule has 106 valence electrons. The molecule has 0 aliphatic heterocycles. The summed E-state index contributed by atoms with van der Waals surface area (Å²) in [7, 11) is 0. The lowest BCUT2D eigenvalue weighted by Gasteiger charge is -2.28. The number of carbonyl (C=O) groups excluding carboxylic acids is 1. The van der Waals surface area contributed by atoms with Crippen LogP contribution < -0.4 is 11.1 Å². The zero-order valence-electron chi connectivity index (χ0n) is 11.6. The van der Waals surface area contributed by atoms with Gasteiger partial charge in [0, 0.05) is 16.3 Å². The van der Waals surface area contributed by atoms with Crippen molar-refractivity contribution in [1.82, 2.24) is 5.32 Å². The van der Waals surface area contributed by atoms with Crippen molar-refractivity contribution in [2.75, 3.05) is 6.26 Å². The van der Waals surface area contributed by atoms with E-state index in [1.165, 1.54) is 9.77 Å². The van der Waals surface area contributed by atoms with Gasteiger partial charge >= 0.3 is 0 Å². The summed E-state index contributed by atoms with van der Waals surface area (Å²) in [6, 6.07) is 12.0. The topological polar surface area (TPSA) is 55.1 Å². The van der Waals surface area contributed by atoms with Gasteiger partial charge in [0.2, 0.25) is 5.91 Å². The van der Waals surface area contributed by atoms with Crippen molar-refractivity contribution in [3.05, 3.63) is 52.2 Å². The van der Waals surface area contributed by atoms with E-state index < -0.39 is 5.54 Å². The second kappa shape index (κ2) is 6.43. The van der Waals surface area contributed by atoms with Crippen molar-refractivity contribution in [2.24, 2.45) is 5.73 Å². The van der Waals surface area contributed by atoms with Gasteiger partial charge in [-0.25, -0.2) is 0 Å². The van der Waals surface area contributed by atoms with Gasteiger partial charge in [-0.1, -0.05) is 18.2 Å². The Kier molecular flexibility index (Phi) is 4.86. The van der Waals surface area contributed by atoms with E-state index in [1.54, 1.807) is 23.1 Å². The third-order valence-electron chi connectivity index (χ3n) is 3.36. The van der Waals surface area contributed by atoms with Crippen LogP contribution in [0, 0.1) is 0 Å². The molecule has 5 heteroatoms. The molecule has 1 heterocycles. The van der Waals surface area contributed by atoms with E-state index >= 15 is 0 Å². The molecule has 0 bridgehead atoms. The average Bonchev–Trinajstić information content (AvgIpc) is 2.98. The van der Waals surface area contributed by atoms with Gasteiger partial charge in [0.25, 0.3) is 0 Å². The summed E-state index contributed by atoms with van der Waals surface area (Å²) in [4.78, 5) is 14.2.